The van der Waals surface area contributed by atoms with E-state index >= 15 is 0 Å². The van der Waals surface area contributed by atoms with Gasteiger partial charge in [0.15, 0.2) is 10.9 Å². The van der Waals surface area contributed by atoms with Crippen molar-refractivity contribution in [1.82, 2.24) is 4.98 Å². The summed E-state index contributed by atoms with van der Waals surface area (Å²) in [4.78, 5) is 25.3. The molecule has 0 fully saturated rings. The molecule has 1 heterocycles. The molecule has 0 N–H and O–H groups in total. The molecule has 21 heavy (non-hydrogen) atoms. The van der Waals surface area contributed by atoms with Gasteiger partial charge >= 0.3 is 5.97 Å². The lowest BCUT2D eigenvalue weighted by molar-refractivity contribution is -0.384. The SMILES string of the molecule is COC(=O)c1cnc(Cl)c(Oc2ccc([N+](=O)[O-])cc2)c1. The largest absolute Gasteiger partial charge is 0.465 e. The van der Waals surface area contributed by atoms with Crippen LogP contribution in [0.4, 0.5) is 5.69 Å². The summed E-state index contributed by atoms with van der Waals surface area (Å²) in [5.74, 6) is -0.104. The van der Waals surface area contributed by atoms with Crippen LogP contribution in [0.2, 0.25) is 5.15 Å². The minimum Gasteiger partial charge on any atom is -0.465 e. The minimum absolute atomic E-state index is 0.0565. The highest BCUT2D eigenvalue weighted by molar-refractivity contribution is 6.30. The Labute approximate surface area is 124 Å². The number of aromatic nitrogens is 1. The molecule has 0 unspecified atom stereocenters. The highest BCUT2D eigenvalue weighted by Gasteiger charge is 2.12. The van der Waals surface area contributed by atoms with Gasteiger partial charge in [-0.05, 0) is 12.1 Å². The Hall–Kier alpha value is -2.67. The number of hydrogen-bond acceptors (Lipinski definition) is 6. The highest BCUT2D eigenvalue weighted by Crippen LogP contribution is 2.29. The summed E-state index contributed by atoms with van der Waals surface area (Å²) in [5, 5.41) is 10.6. The van der Waals surface area contributed by atoms with E-state index in [-0.39, 0.29) is 22.2 Å². The van der Waals surface area contributed by atoms with E-state index in [2.05, 4.69) is 9.72 Å². The van der Waals surface area contributed by atoms with Crippen LogP contribution in [0.1, 0.15) is 10.4 Å². The second-order valence-electron chi connectivity index (χ2n) is 3.86. The van der Waals surface area contributed by atoms with E-state index in [1.54, 1.807) is 0 Å². The fourth-order valence-corrected chi connectivity index (χ4v) is 1.63. The molecule has 0 aliphatic rings. The van der Waals surface area contributed by atoms with Gasteiger partial charge < -0.3 is 9.47 Å². The molecule has 0 radical (unpaired) electrons. The smallest absolute Gasteiger partial charge is 0.339 e. The lowest BCUT2D eigenvalue weighted by Crippen LogP contribution is -2.02. The molecule has 0 amide bonds. The van der Waals surface area contributed by atoms with E-state index in [0.717, 1.165) is 0 Å². The van der Waals surface area contributed by atoms with Crippen molar-refractivity contribution >= 4 is 23.3 Å². The number of carbonyl (C=O) groups is 1. The fourth-order valence-electron chi connectivity index (χ4n) is 1.49. The summed E-state index contributed by atoms with van der Waals surface area (Å²) < 4.78 is 10.0. The van der Waals surface area contributed by atoms with Gasteiger partial charge in [-0.3, -0.25) is 10.1 Å². The topological polar surface area (TPSA) is 91.6 Å². The van der Waals surface area contributed by atoms with Crippen molar-refractivity contribution in [1.29, 1.82) is 0 Å². The number of halogens is 1. The number of pyridine rings is 1. The number of non-ortho nitro benzene ring substituents is 1. The fraction of sp³-hybridized carbons (Fsp3) is 0.0769. The van der Waals surface area contributed by atoms with Crippen molar-refractivity contribution in [2.24, 2.45) is 0 Å². The highest BCUT2D eigenvalue weighted by atomic mass is 35.5. The summed E-state index contributed by atoms with van der Waals surface area (Å²) in [6.45, 7) is 0. The number of methoxy groups -OCH3 is 1. The van der Waals surface area contributed by atoms with Gasteiger partial charge in [0.1, 0.15) is 5.75 Å². The van der Waals surface area contributed by atoms with Crippen LogP contribution in [0.3, 0.4) is 0 Å². The zero-order chi connectivity index (χ0) is 15.4. The maximum Gasteiger partial charge on any atom is 0.339 e. The average Bonchev–Trinajstić information content (AvgIpc) is 2.49. The van der Waals surface area contributed by atoms with Gasteiger partial charge in [0.25, 0.3) is 5.69 Å². The number of nitrogens with zero attached hydrogens (tertiary/aromatic N) is 2. The third-order valence-corrected chi connectivity index (χ3v) is 2.79. The molecule has 1 aromatic heterocycles. The molecule has 7 nitrogen and oxygen atoms in total. The molecule has 0 spiro atoms. The summed E-state index contributed by atoms with van der Waals surface area (Å²) in [6.07, 6.45) is 1.26. The van der Waals surface area contributed by atoms with Crippen molar-refractivity contribution in [3.8, 4) is 11.5 Å². The second kappa shape index (κ2) is 6.19. The van der Waals surface area contributed by atoms with Gasteiger partial charge in [0, 0.05) is 24.4 Å². The number of rotatable bonds is 4. The number of hydrogen-bond donors (Lipinski definition) is 0. The van der Waals surface area contributed by atoms with Gasteiger partial charge in [-0.15, -0.1) is 0 Å². The van der Waals surface area contributed by atoms with Crippen LogP contribution < -0.4 is 4.74 Å². The van der Waals surface area contributed by atoms with E-state index < -0.39 is 10.9 Å². The molecule has 2 rings (SSSR count). The molecule has 0 saturated carbocycles. The molecule has 0 aliphatic carbocycles. The van der Waals surface area contributed by atoms with Crippen LogP contribution in [0, 0.1) is 10.1 Å². The third-order valence-electron chi connectivity index (χ3n) is 2.50. The van der Waals surface area contributed by atoms with Gasteiger partial charge in [-0.1, -0.05) is 11.6 Å². The molecule has 0 aliphatic heterocycles. The number of nitro groups is 1. The maximum absolute atomic E-state index is 11.4. The van der Waals surface area contributed by atoms with E-state index in [1.165, 1.54) is 43.6 Å². The molecule has 108 valence electrons. The molecular weight excluding hydrogens is 300 g/mol. The van der Waals surface area contributed by atoms with E-state index in [0.29, 0.717) is 5.75 Å². The second-order valence-corrected chi connectivity index (χ2v) is 4.22. The summed E-state index contributed by atoms with van der Waals surface area (Å²) in [6, 6.07) is 6.79. The zero-order valence-corrected chi connectivity index (χ0v) is 11.5. The first-order valence-corrected chi connectivity index (χ1v) is 6.05. The molecule has 0 bridgehead atoms. The summed E-state index contributed by atoms with van der Waals surface area (Å²) in [5.41, 5.74) is 0.119. The number of nitro benzene ring substituents is 1. The lowest BCUT2D eigenvalue weighted by atomic mass is 10.3. The first-order chi connectivity index (χ1) is 10.0. The van der Waals surface area contributed by atoms with E-state index in [1.807, 2.05) is 0 Å². The van der Waals surface area contributed by atoms with Crippen molar-refractivity contribution < 1.29 is 19.2 Å². The van der Waals surface area contributed by atoms with Gasteiger partial charge in [-0.25, -0.2) is 9.78 Å². The molecular formula is C13H9ClN2O5. The predicted octanol–water partition coefficient (Wildman–Crippen LogP) is 3.22. The first-order valence-electron chi connectivity index (χ1n) is 5.67. The Kier molecular flexibility index (Phi) is 4.34. The van der Waals surface area contributed by atoms with Crippen molar-refractivity contribution in [2.45, 2.75) is 0 Å². The van der Waals surface area contributed by atoms with Crippen LogP contribution in [0.25, 0.3) is 0 Å². The number of ether oxygens (including phenoxy) is 2. The standard InChI is InChI=1S/C13H9ClN2O5/c1-20-13(17)8-6-11(12(14)15-7-8)21-10-4-2-9(3-5-10)16(18)19/h2-7H,1H3. The summed E-state index contributed by atoms with van der Waals surface area (Å²) >= 11 is 5.88. The van der Waals surface area contributed by atoms with Crippen LogP contribution in [0.5, 0.6) is 11.5 Å². The average molecular weight is 309 g/mol. The Morgan fingerprint density at radius 3 is 2.57 bits per heavy atom. The zero-order valence-electron chi connectivity index (χ0n) is 10.8. The normalized spacial score (nSPS) is 10.0. The van der Waals surface area contributed by atoms with Crippen LogP contribution in [-0.2, 0) is 4.74 Å². The van der Waals surface area contributed by atoms with Gasteiger partial charge in [0.2, 0.25) is 0 Å². The predicted molar refractivity (Wildman–Crippen MR) is 73.8 cm³/mol. The molecule has 0 saturated heterocycles. The first kappa shape index (κ1) is 14.7. The maximum atomic E-state index is 11.4. The van der Waals surface area contributed by atoms with Crippen LogP contribution >= 0.6 is 11.6 Å². The third kappa shape index (κ3) is 3.46. The number of esters is 1. The Bertz CT molecular complexity index is 687. The number of benzene rings is 1. The molecule has 1 aromatic carbocycles. The van der Waals surface area contributed by atoms with Gasteiger partial charge in [0.05, 0.1) is 17.6 Å². The summed E-state index contributed by atoms with van der Waals surface area (Å²) in [7, 11) is 1.24. The Balaban J connectivity index is 2.26. The lowest BCUT2D eigenvalue weighted by Gasteiger charge is -2.08. The van der Waals surface area contributed by atoms with Crippen molar-refractivity contribution in [2.75, 3.05) is 7.11 Å². The van der Waals surface area contributed by atoms with Crippen LogP contribution in [0.15, 0.2) is 36.5 Å². The van der Waals surface area contributed by atoms with Crippen molar-refractivity contribution in [3.63, 3.8) is 0 Å². The quantitative estimate of drug-likeness (QED) is 0.373. The Morgan fingerprint density at radius 2 is 2.00 bits per heavy atom. The van der Waals surface area contributed by atoms with Crippen molar-refractivity contribution in [3.05, 3.63) is 57.4 Å². The monoisotopic (exact) mass is 308 g/mol. The number of carbonyl (C=O) groups excluding carboxylic acids is 1. The molecule has 2 aromatic rings. The Morgan fingerprint density at radius 1 is 1.33 bits per heavy atom. The molecule has 8 heteroatoms. The minimum atomic E-state index is -0.576. The van der Waals surface area contributed by atoms with E-state index in [4.69, 9.17) is 16.3 Å². The molecule has 0 atom stereocenters. The van der Waals surface area contributed by atoms with Crippen LogP contribution in [-0.4, -0.2) is 23.0 Å². The van der Waals surface area contributed by atoms with E-state index in [9.17, 15) is 14.9 Å². The van der Waals surface area contributed by atoms with Gasteiger partial charge in [-0.2, -0.15) is 0 Å².